The van der Waals surface area contributed by atoms with Gasteiger partial charge in [0.25, 0.3) is 0 Å². The lowest BCUT2D eigenvalue weighted by molar-refractivity contribution is -0.108. The van der Waals surface area contributed by atoms with E-state index in [4.69, 9.17) is 0 Å². The molecule has 0 fully saturated rings. The van der Waals surface area contributed by atoms with Gasteiger partial charge < -0.3 is 10.4 Å². The lowest BCUT2D eigenvalue weighted by Gasteiger charge is -2.00. The minimum absolute atomic E-state index is 0.203. The van der Waals surface area contributed by atoms with Crippen LogP contribution in [-0.4, -0.2) is 11.5 Å². The minimum atomic E-state index is 0.203. The summed E-state index contributed by atoms with van der Waals surface area (Å²) in [5.41, 5.74) is 1.38. The number of nitrogens with one attached hydrogen (secondary N) is 1. The molecule has 2 N–H and O–H groups in total. The molecule has 0 unspecified atom stereocenters. The third-order valence-electron chi connectivity index (χ3n) is 1.60. The number of hydrogen-bond donors (Lipinski definition) is 2. The highest BCUT2D eigenvalue weighted by atomic mass is 16.3. The second-order valence-electron chi connectivity index (χ2n) is 2.65. The van der Waals surface area contributed by atoms with Crippen LogP contribution in [0.5, 0.6) is 5.75 Å². The number of allylic oxidation sites excluding steroid dienone is 1. The number of phenols is 1. The van der Waals surface area contributed by atoms with Crippen LogP contribution in [0.15, 0.2) is 30.0 Å². The molecule has 0 aliphatic rings. The predicted molar refractivity (Wildman–Crippen MR) is 51.0 cm³/mol. The van der Waals surface area contributed by atoms with Gasteiger partial charge in [-0.2, -0.15) is 0 Å². The first kappa shape index (κ1) is 9.32. The molecular weight excluding hydrogens is 166 g/mol. The molecule has 68 valence electrons. The average Bonchev–Trinajstić information content (AvgIpc) is 2.09. The highest BCUT2D eigenvalue weighted by molar-refractivity contribution is 5.62. The SMILES string of the molecule is C/C(=C/c1ccccc1O)NC=O. The number of carbonyl (C=O) groups is 1. The molecule has 0 atom stereocenters. The quantitative estimate of drug-likeness (QED) is 0.687. The van der Waals surface area contributed by atoms with Crippen LogP contribution in [0.4, 0.5) is 0 Å². The topological polar surface area (TPSA) is 49.3 Å². The minimum Gasteiger partial charge on any atom is -0.507 e. The number of hydrogen-bond acceptors (Lipinski definition) is 2. The van der Waals surface area contributed by atoms with Crippen molar-refractivity contribution in [1.82, 2.24) is 5.32 Å². The van der Waals surface area contributed by atoms with E-state index >= 15 is 0 Å². The zero-order chi connectivity index (χ0) is 9.68. The van der Waals surface area contributed by atoms with E-state index < -0.39 is 0 Å². The van der Waals surface area contributed by atoms with Crippen molar-refractivity contribution in [1.29, 1.82) is 0 Å². The molecule has 13 heavy (non-hydrogen) atoms. The highest BCUT2D eigenvalue weighted by Gasteiger charge is 1.95. The molecule has 3 nitrogen and oxygen atoms in total. The Morgan fingerprint density at radius 2 is 2.15 bits per heavy atom. The number of benzene rings is 1. The van der Waals surface area contributed by atoms with E-state index in [2.05, 4.69) is 5.32 Å². The Balaban J connectivity index is 2.90. The second-order valence-corrected chi connectivity index (χ2v) is 2.65. The van der Waals surface area contributed by atoms with Gasteiger partial charge >= 0.3 is 0 Å². The van der Waals surface area contributed by atoms with Crippen LogP contribution in [0, 0.1) is 0 Å². The summed E-state index contributed by atoms with van der Waals surface area (Å²) in [5.74, 6) is 0.203. The van der Waals surface area contributed by atoms with Gasteiger partial charge in [0.2, 0.25) is 6.41 Å². The van der Waals surface area contributed by atoms with Crippen molar-refractivity contribution < 1.29 is 9.90 Å². The van der Waals surface area contributed by atoms with E-state index in [1.165, 1.54) is 0 Å². The molecule has 0 saturated carbocycles. The van der Waals surface area contributed by atoms with Gasteiger partial charge in [-0.15, -0.1) is 0 Å². The number of phenolic OH excluding ortho intramolecular Hbond substituents is 1. The van der Waals surface area contributed by atoms with Gasteiger partial charge in [-0.05, 0) is 19.1 Å². The molecule has 0 aliphatic carbocycles. The molecule has 3 heteroatoms. The van der Waals surface area contributed by atoms with E-state index in [0.29, 0.717) is 17.7 Å². The fraction of sp³-hybridized carbons (Fsp3) is 0.100. The molecule has 0 aromatic heterocycles. The summed E-state index contributed by atoms with van der Waals surface area (Å²) in [4.78, 5) is 10.1. The predicted octanol–water partition coefficient (Wildman–Crippen LogP) is 1.50. The standard InChI is InChI=1S/C10H11NO2/c1-8(11-7-12)6-9-4-2-3-5-10(9)13/h2-7,13H,1H3,(H,11,12)/b8-6-. The summed E-state index contributed by atoms with van der Waals surface area (Å²) in [6.45, 7) is 1.75. The molecule has 1 amide bonds. The Morgan fingerprint density at radius 1 is 1.46 bits per heavy atom. The van der Waals surface area contributed by atoms with Crippen LogP contribution < -0.4 is 5.32 Å². The first-order chi connectivity index (χ1) is 6.24. The Morgan fingerprint density at radius 3 is 2.77 bits per heavy atom. The maximum atomic E-state index is 10.1. The molecule has 0 saturated heterocycles. The Hall–Kier alpha value is -1.77. The first-order valence-corrected chi connectivity index (χ1v) is 3.90. The van der Waals surface area contributed by atoms with Crippen molar-refractivity contribution in [3.63, 3.8) is 0 Å². The highest BCUT2D eigenvalue weighted by Crippen LogP contribution is 2.17. The lowest BCUT2D eigenvalue weighted by Crippen LogP contribution is -2.06. The normalized spacial score (nSPS) is 11.0. The largest absolute Gasteiger partial charge is 0.507 e. The first-order valence-electron chi connectivity index (χ1n) is 3.90. The Kier molecular flexibility index (Phi) is 3.09. The zero-order valence-corrected chi connectivity index (χ0v) is 7.32. The summed E-state index contributed by atoms with van der Waals surface area (Å²) in [5, 5.41) is 11.9. The van der Waals surface area contributed by atoms with E-state index in [1.54, 1.807) is 31.2 Å². The zero-order valence-electron chi connectivity index (χ0n) is 7.32. The van der Waals surface area contributed by atoms with E-state index in [-0.39, 0.29) is 5.75 Å². The maximum absolute atomic E-state index is 10.1. The monoisotopic (exact) mass is 177 g/mol. The van der Waals surface area contributed by atoms with Crippen LogP contribution in [0.2, 0.25) is 0 Å². The van der Waals surface area contributed by atoms with Gasteiger partial charge in [0, 0.05) is 11.3 Å². The number of aromatic hydroxyl groups is 1. The number of amides is 1. The number of rotatable bonds is 3. The van der Waals surface area contributed by atoms with Crippen molar-refractivity contribution in [2.75, 3.05) is 0 Å². The van der Waals surface area contributed by atoms with Gasteiger partial charge in [-0.1, -0.05) is 18.2 Å². The van der Waals surface area contributed by atoms with Crippen molar-refractivity contribution >= 4 is 12.5 Å². The summed E-state index contributed by atoms with van der Waals surface area (Å²) < 4.78 is 0. The van der Waals surface area contributed by atoms with Gasteiger partial charge in [0.05, 0.1) is 0 Å². The van der Waals surface area contributed by atoms with Crippen LogP contribution in [0.25, 0.3) is 6.08 Å². The molecule has 0 radical (unpaired) electrons. The molecule has 1 rings (SSSR count). The third-order valence-corrected chi connectivity index (χ3v) is 1.60. The molecule has 0 heterocycles. The summed E-state index contributed by atoms with van der Waals surface area (Å²) in [6, 6.07) is 6.93. The summed E-state index contributed by atoms with van der Waals surface area (Å²) in [7, 11) is 0. The molecular formula is C10H11NO2. The molecule has 1 aromatic carbocycles. The maximum Gasteiger partial charge on any atom is 0.211 e. The van der Waals surface area contributed by atoms with Crippen LogP contribution in [0.1, 0.15) is 12.5 Å². The van der Waals surface area contributed by atoms with Gasteiger partial charge in [-0.25, -0.2) is 0 Å². The van der Waals surface area contributed by atoms with Gasteiger partial charge in [0.1, 0.15) is 5.75 Å². The van der Waals surface area contributed by atoms with Crippen molar-refractivity contribution in [3.05, 3.63) is 35.5 Å². The number of carbonyl (C=O) groups excluding carboxylic acids is 1. The van der Waals surface area contributed by atoms with E-state index in [1.807, 2.05) is 6.07 Å². The van der Waals surface area contributed by atoms with E-state index in [9.17, 15) is 9.90 Å². The molecule has 0 bridgehead atoms. The second kappa shape index (κ2) is 4.30. The summed E-state index contributed by atoms with van der Waals surface area (Å²) >= 11 is 0. The van der Waals surface area contributed by atoms with Crippen LogP contribution in [0.3, 0.4) is 0 Å². The third kappa shape index (κ3) is 2.63. The van der Waals surface area contributed by atoms with E-state index in [0.717, 1.165) is 0 Å². The van der Waals surface area contributed by atoms with Crippen LogP contribution >= 0.6 is 0 Å². The van der Waals surface area contributed by atoms with Crippen molar-refractivity contribution in [3.8, 4) is 5.75 Å². The van der Waals surface area contributed by atoms with Crippen LogP contribution in [-0.2, 0) is 4.79 Å². The van der Waals surface area contributed by atoms with Crippen molar-refractivity contribution in [2.24, 2.45) is 0 Å². The summed E-state index contributed by atoms with van der Waals surface area (Å²) in [6.07, 6.45) is 2.30. The molecule has 0 spiro atoms. The van der Waals surface area contributed by atoms with Crippen molar-refractivity contribution in [2.45, 2.75) is 6.92 Å². The Bertz CT molecular complexity index is 331. The fourth-order valence-electron chi connectivity index (χ4n) is 0.977. The van der Waals surface area contributed by atoms with Gasteiger partial charge in [0.15, 0.2) is 0 Å². The molecule has 1 aromatic rings. The lowest BCUT2D eigenvalue weighted by atomic mass is 10.2. The smallest absolute Gasteiger partial charge is 0.211 e. The average molecular weight is 177 g/mol. The Labute approximate surface area is 76.7 Å². The fourth-order valence-corrected chi connectivity index (χ4v) is 0.977. The molecule has 0 aliphatic heterocycles. The van der Waals surface area contributed by atoms with Gasteiger partial charge in [-0.3, -0.25) is 4.79 Å². The number of para-hydroxylation sites is 1.